The minimum absolute atomic E-state index is 0.139. The first-order valence-electron chi connectivity index (χ1n) is 12.1. The molecule has 1 aliphatic carbocycles. The van der Waals surface area contributed by atoms with Gasteiger partial charge in [0.2, 0.25) is 12.3 Å². The Morgan fingerprint density at radius 3 is 2.49 bits per heavy atom. The molecule has 8 nitrogen and oxygen atoms in total. The van der Waals surface area contributed by atoms with E-state index in [1.165, 1.54) is 6.20 Å². The fourth-order valence-electron chi connectivity index (χ4n) is 4.23. The summed E-state index contributed by atoms with van der Waals surface area (Å²) in [4.78, 5) is 37.9. The van der Waals surface area contributed by atoms with E-state index in [0.29, 0.717) is 37.2 Å². The van der Waals surface area contributed by atoms with Crippen LogP contribution in [0.2, 0.25) is 0 Å². The Hall–Kier alpha value is -3.95. The second kappa shape index (κ2) is 11.0. The van der Waals surface area contributed by atoms with E-state index in [2.05, 4.69) is 20.3 Å². The van der Waals surface area contributed by atoms with Crippen molar-refractivity contribution >= 4 is 18.3 Å². The normalized spacial score (nSPS) is 16.0. The number of aryl methyl sites for hydroxylation is 1. The number of amides is 3. The summed E-state index contributed by atoms with van der Waals surface area (Å²) < 4.78 is 32.8. The number of carbonyl (C=O) groups excluding carboxylic acids is 2. The average molecular weight is 510 g/mol. The van der Waals surface area contributed by atoms with Crippen molar-refractivity contribution in [3.63, 3.8) is 0 Å². The lowest BCUT2D eigenvalue weighted by Gasteiger charge is -2.38. The number of aromatic nitrogens is 3. The highest BCUT2D eigenvalue weighted by molar-refractivity contribution is 5.94. The summed E-state index contributed by atoms with van der Waals surface area (Å²) >= 11 is 0. The number of nitrogens with zero attached hydrogens (tertiary/aromatic N) is 4. The summed E-state index contributed by atoms with van der Waals surface area (Å²) in [5.74, 6) is -1.36. The molecule has 0 spiro atoms. The summed E-state index contributed by atoms with van der Waals surface area (Å²) in [6, 6.07) is 9.91. The molecule has 3 heterocycles. The molecule has 0 radical (unpaired) electrons. The molecule has 1 fully saturated rings. The fourth-order valence-corrected chi connectivity index (χ4v) is 4.23. The van der Waals surface area contributed by atoms with Gasteiger partial charge in [0.05, 0.1) is 11.9 Å². The highest BCUT2D eigenvalue weighted by atomic mass is 19.3. The largest absolute Gasteiger partial charge is 0.456 e. The molecule has 0 aromatic carbocycles. The van der Waals surface area contributed by atoms with Crippen LogP contribution in [0.3, 0.4) is 0 Å². The van der Waals surface area contributed by atoms with Gasteiger partial charge in [-0.2, -0.15) is 0 Å². The van der Waals surface area contributed by atoms with E-state index in [0.717, 1.165) is 21.9 Å². The fraction of sp³-hybridized carbons (Fsp3) is 0.370. The molecular formula is C27H29F2N5O3. The molecule has 4 rings (SSSR count). The minimum atomic E-state index is -2.62. The molecule has 10 heteroatoms. The molecule has 0 unspecified atom stereocenters. The average Bonchev–Trinajstić information content (AvgIpc) is 2.88. The van der Waals surface area contributed by atoms with Gasteiger partial charge in [-0.25, -0.2) is 18.6 Å². The molecule has 1 aliphatic rings. The Morgan fingerprint density at radius 1 is 1.05 bits per heavy atom. The van der Waals surface area contributed by atoms with Gasteiger partial charge in [-0.05, 0) is 61.9 Å². The van der Waals surface area contributed by atoms with Gasteiger partial charge in [0, 0.05) is 49.1 Å². The van der Waals surface area contributed by atoms with Crippen LogP contribution >= 0.6 is 0 Å². The first kappa shape index (κ1) is 26.1. The molecular weight excluding hydrogens is 480 g/mol. The van der Waals surface area contributed by atoms with E-state index >= 15 is 0 Å². The maximum absolute atomic E-state index is 13.5. The van der Waals surface area contributed by atoms with Gasteiger partial charge in [-0.1, -0.05) is 6.92 Å². The Labute approximate surface area is 214 Å². The van der Waals surface area contributed by atoms with Crippen LogP contribution in [0.5, 0.6) is 11.5 Å². The molecule has 3 aromatic rings. The van der Waals surface area contributed by atoms with Crippen molar-refractivity contribution in [3.8, 4) is 22.8 Å². The maximum atomic E-state index is 13.5. The number of hydrogen-bond donors (Lipinski definition) is 1. The number of hydrogen-bond acceptors (Lipinski definition) is 6. The Bertz CT molecular complexity index is 1240. The van der Waals surface area contributed by atoms with Gasteiger partial charge < -0.3 is 4.74 Å². The zero-order valence-electron chi connectivity index (χ0n) is 20.8. The standard InChI is InChI=1S/C27H29F2N5O3/c1-19-15-20(5-12-30-19)23-16-21(6-13-31-23)37-22-3-4-24(32-17-22)33-25(36)34(18-35)14-11-26(2)7-9-27(28,29)10-8-26/h3-6,12-13,15-18H,7-11,14H2,1-2H3,(H,32,33,36). The molecule has 0 aliphatic heterocycles. The summed E-state index contributed by atoms with van der Waals surface area (Å²) in [5, 5.41) is 2.59. The number of carbonyl (C=O) groups is 2. The van der Waals surface area contributed by atoms with E-state index in [9.17, 15) is 18.4 Å². The zero-order valence-corrected chi connectivity index (χ0v) is 20.8. The van der Waals surface area contributed by atoms with Crippen LogP contribution in [0.25, 0.3) is 11.3 Å². The number of halogens is 2. The van der Waals surface area contributed by atoms with E-state index < -0.39 is 12.0 Å². The number of nitrogens with one attached hydrogen (secondary N) is 1. The number of urea groups is 1. The summed E-state index contributed by atoms with van der Waals surface area (Å²) in [6.45, 7) is 3.97. The molecule has 3 aromatic heterocycles. The molecule has 194 valence electrons. The molecule has 0 saturated heterocycles. The Kier molecular flexibility index (Phi) is 7.75. The van der Waals surface area contributed by atoms with Crippen LogP contribution in [-0.4, -0.2) is 44.8 Å². The van der Waals surface area contributed by atoms with Crippen LogP contribution in [-0.2, 0) is 4.79 Å². The highest BCUT2D eigenvalue weighted by Gasteiger charge is 2.40. The van der Waals surface area contributed by atoms with Crippen molar-refractivity contribution in [2.24, 2.45) is 5.41 Å². The van der Waals surface area contributed by atoms with Gasteiger partial charge in [0.1, 0.15) is 17.3 Å². The number of anilines is 1. The van der Waals surface area contributed by atoms with Gasteiger partial charge in [0.15, 0.2) is 0 Å². The smallest absolute Gasteiger partial charge is 0.329 e. The van der Waals surface area contributed by atoms with Crippen molar-refractivity contribution in [2.45, 2.75) is 51.9 Å². The lowest BCUT2D eigenvalue weighted by atomic mass is 9.72. The third-order valence-electron chi connectivity index (χ3n) is 6.66. The van der Waals surface area contributed by atoms with Crippen molar-refractivity contribution in [1.82, 2.24) is 19.9 Å². The minimum Gasteiger partial charge on any atom is -0.456 e. The predicted molar refractivity (Wildman–Crippen MR) is 134 cm³/mol. The van der Waals surface area contributed by atoms with Crippen molar-refractivity contribution in [3.05, 3.63) is 60.7 Å². The first-order valence-corrected chi connectivity index (χ1v) is 12.1. The molecule has 0 bridgehead atoms. The second-order valence-electron chi connectivity index (χ2n) is 9.69. The van der Waals surface area contributed by atoms with Crippen LogP contribution in [0.1, 0.15) is 44.7 Å². The number of imide groups is 1. The van der Waals surface area contributed by atoms with Crippen LogP contribution in [0, 0.1) is 12.3 Å². The molecule has 1 N–H and O–H groups in total. The lowest BCUT2D eigenvalue weighted by Crippen LogP contribution is -2.38. The van der Waals surface area contributed by atoms with Crippen molar-refractivity contribution in [2.75, 3.05) is 11.9 Å². The molecule has 1 saturated carbocycles. The van der Waals surface area contributed by atoms with Crippen molar-refractivity contribution < 1.29 is 23.1 Å². The van der Waals surface area contributed by atoms with E-state index in [1.54, 1.807) is 36.7 Å². The first-order chi connectivity index (χ1) is 17.6. The monoisotopic (exact) mass is 509 g/mol. The van der Waals surface area contributed by atoms with E-state index in [-0.39, 0.29) is 30.6 Å². The molecule has 37 heavy (non-hydrogen) atoms. The topological polar surface area (TPSA) is 97.3 Å². The molecule has 3 amide bonds. The number of alkyl halides is 2. The lowest BCUT2D eigenvalue weighted by molar-refractivity contribution is -0.116. The SMILES string of the molecule is Cc1cc(-c2cc(Oc3ccc(NC(=O)N(C=O)CCC4(C)CCC(F)(F)CC4)nc3)ccn2)ccn1. The predicted octanol–water partition coefficient (Wildman–Crippen LogP) is 6.24. The maximum Gasteiger partial charge on any atom is 0.329 e. The zero-order chi connectivity index (χ0) is 26.5. The Balaban J connectivity index is 1.32. The summed E-state index contributed by atoms with van der Waals surface area (Å²) in [5.41, 5.74) is 2.21. The summed E-state index contributed by atoms with van der Waals surface area (Å²) in [7, 11) is 0. The summed E-state index contributed by atoms with van der Waals surface area (Å²) in [6.07, 6.45) is 6.12. The van der Waals surface area contributed by atoms with Crippen LogP contribution in [0.15, 0.2) is 55.0 Å². The van der Waals surface area contributed by atoms with Gasteiger partial charge in [0.25, 0.3) is 0 Å². The van der Waals surface area contributed by atoms with E-state index in [1.807, 2.05) is 26.0 Å². The molecule has 0 atom stereocenters. The van der Waals surface area contributed by atoms with Crippen LogP contribution < -0.4 is 10.1 Å². The van der Waals surface area contributed by atoms with Crippen molar-refractivity contribution in [1.29, 1.82) is 0 Å². The highest BCUT2D eigenvalue weighted by Crippen LogP contribution is 2.45. The Morgan fingerprint density at radius 2 is 1.81 bits per heavy atom. The quantitative estimate of drug-likeness (QED) is 0.361. The second-order valence-corrected chi connectivity index (χ2v) is 9.69. The van der Waals surface area contributed by atoms with Gasteiger partial charge >= 0.3 is 6.03 Å². The third kappa shape index (κ3) is 7.05. The number of rotatable bonds is 8. The third-order valence-corrected chi connectivity index (χ3v) is 6.66. The van der Waals surface area contributed by atoms with Gasteiger partial charge in [-0.3, -0.25) is 25.0 Å². The van der Waals surface area contributed by atoms with Crippen LogP contribution in [0.4, 0.5) is 19.4 Å². The van der Waals surface area contributed by atoms with Gasteiger partial charge in [-0.15, -0.1) is 0 Å². The number of pyridine rings is 3. The van der Waals surface area contributed by atoms with E-state index in [4.69, 9.17) is 4.74 Å². The number of ether oxygens (including phenoxy) is 1.